The zero-order chi connectivity index (χ0) is 28.6. The molecule has 0 saturated carbocycles. The minimum atomic E-state index is -1.46. The van der Waals surface area contributed by atoms with Crippen LogP contribution in [0.15, 0.2) is 36.4 Å². The summed E-state index contributed by atoms with van der Waals surface area (Å²) >= 11 is 6.71. The number of rotatable bonds is 12. The fourth-order valence-corrected chi connectivity index (χ4v) is 4.96. The predicted molar refractivity (Wildman–Crippen MR) is 145 cm³/mol. The van der Waals surface area contributed by atoms with Crippen LogP contribution in [0.3, 0.4) is 0 Å². The van der Waals surface area contributed by atoms with Crippen LogP contribution in [0.4, 0.5) is 4.79 Å². The van der Waals surface area contributed by atoms with E-state index in [1.54, 1.807) is 13.0 Å². The Morgan fingerprint density at radius 3 is 2.38 bits per heavy atom. The number of carboxylic acid groups (broad SMARTS) is 1. The molecule has 0 bridgehead atoms. The molecule has 2 aromatic carbocycles. The molecule has 0 aliphatic carbocycles. The van der Waals surface area contributed by atoms with Crippen molar-refractivity contribution in [2.75, 3.05) is 40.6 Å². The van der Waals surface area contributed by atoms with E-state index in [4.69, 9.17) is 30.5 Å². The molecule has 10 nitrogen and oxygen atoms in total. The van der Waals surface area contributed by atoms with Gasteiger partial charge in [0, 0.05) is 38.2 Å². The Kier molecular flexibility index (Phi) is 10.6. The van der Waals surface area contributed by atoms with Gasteiger partial charge in [0.05, 0.1) is 38.5 Å². The second-order valence-electron chi connectivity index (χ2n) is 9.28. The van der Waals surface area contributed by atoms with Gasteiger partial charge in [-0.05, 0) is 25.5 Å². The van der Waals surface area contributed by atoms with Gasteiger partial charge in [0.15, 0.2) is 11.5 Å². The Hall–Kier alpha value is -3.34. The van der Waals surface area contributed by atoms with Gasteiger partial charge < -0.3 is 34.3 Å². The highest BCUT2D eigenvalue weighted by atomic mass is 35.5. The SMILES string of the molecule is COc1cc(C(C)N(CCOCc2ccccc2)C(=O)NC2(C(=O)O)CCOCC2)c(Cl)c(OC)c1C(C)=O. The maximum Gasteiger partial charge on any atom is 0.329 e. The highest BCUT2D eigenvalue weighted by molar-refractivity contribution is 6.33. The first-order chi connectivity index (χ1) is 18.6. The minimum absolute atomic E-state index is 0.126. The van der Waals surface area contributed by atoms with Gasteiger partial charge in [-0.15, -0.1) is 0 Å². The van der Waals surface area contributed by atoms with E-state index in [0.29, 0.717) is 12.2 Å². The normalized spacial score (nSPS) is 15.2. The third-order valence-electron chi connectivity index (χ3n) is 6.86. The van der Waals surface area contributed by atoms with Gasteiger partial charge in [0.2, 0.25) is 0 Å². The number of benzene rings is 2. The highest BCUT2D eigenvalue weighted by Crippen LogP contribution is 2.42. The number of ketones is 1. The van der Waals surface area contributed by atoms with Gasteiger partial charge in [-0.1, -0.05) is 41.9 Å². The molecule has 0 aromatic heterocycles. The van der Waals surface area contributed by atoms with Crippen LogP contribution in [0.2, 0.25) is 5.02 Å². The number of ether oxygens (including phenoxy) is 4. The average Bonchev–Trinajstić information content (AvgIpc) is 2.93. The smallest absolute Gasteiger partial charge is 0.329 e. The number of hydrogen-bond acceptors (Lipinski definition) is 7. The lowest BCUT2D eigenvalue weighted by Gasteiger charge is -2.38. The van der Waals surface area contributed by atoms with Crippen LogP contribution in [0.1, 0.15) is 54.2 Å². The number of carbonyl (C=O) groups is 3. The molecule has 1 unspecified atom stereocenters. The van der Waals surface area contributed by atoms with Crippen molar-refractivity contribution < 1.29 is 38.4 Å². The molecule has 0 radical (unpaired) electrons. The van der Waals surface area contributed by atoms with Crippen molar-refractivity contribution >= 4 is 29.4 Å². The third kappa shape index (κ3) is 7.00. The van der Waals surface area contributed by atoms with Crippen molar-refractivity contribution in [2.45, 2.75) is 44.9 Å². The van der Waals surface area contributed by atoms with Crippen LogP contribution in [0.5, 0.6) is 11.5 Å². The third-order valence-corrected chi connectivity index (χ3v) is 7.25. The highest BCUT2D eigenvalue weighted by Gasteiger charge is 2.43. The second-order valence-corrected chi connectivity index (χ2v) is 9.66. The fraction of sp³-hybridized carbons (Fsp3) is 0.464. The molecule has 0 spiro atoms. The molecule has 1 aliphatic rings. The Labute approximate surface area is 233 Å². The van der Waals surface area contributed by atoms with Crippen molar-refractivity contribution in [1.82, 2.24) is 10.2 Å². The summed E-state index contributed by atoms with van der Waals surface area (Å²) in [6.07, 6.45) is 0.271. The van der Waals surface area contributed by atoms with Gasteiger partial charge in [-0.3, -0.25) is 4.79 Å². The molecule has 1 saturated heterocycles. The van der Waals surface area contributed by atoms with Crippen LogP contribution in [0.25, 0.3) is 0 Å². The molecule has 1 aliphatic heterocycles. The zero-order valence-electron chi connectivity index (χ0n) is 22.6. The van der Waals surface area contributed by atoms with E-state index < -0.39 is 23.6 Å². The van der Waals surface area contributed by atoms with E-state index >= 15 is 0 Å². The first-order valence-corrected chi connectivity index (χ1v) is 13.0. The number of aliphatic carboxylic acids is 1. The number of urea groups is 1. The first kappa shape index (κ1) is 30.2. The number of Topliss-reactive ketones (excluding diaryl/α,β-unsaturated/α-hetero) is 1. The average molecular weight is 563 g/mol. The molecule has 2 amide bonds. The monoisotopic (exact) mass is 562 g/mol. The standard InChI is InChI=1S/C28H35ClN2O8/c1-18(21-16-22(36-3)23(19(2)32)25(37-4)24(21)29)31(12-15-39-17-20-8-6-5-7-9-20)27(35)30-28(26(33)34)10-13-38-14-11-28/h5-9,16,18H,10-15,17H2,1-4H3,(H,30,35)(H,33,34). The molecule has 2 N–H and O–H groups in total. The Balaban J connectivity index is 1.93. The van der Waals surface area contributed by atoms with E-state index in [0.717, 1.165) is 5.56 Å². The lowest BCUT2D eigenvalue weighted by atomic mass is 9.90. The number of hydrogen-bond donors (Lipinski definition) is 2. The number of carbonyl (C=O) groups excluding carboxylic acids is 2. The lowest BCUT2D eigenvalue weighted by Crippen LogP contribution is -2.60. The molecular formula is C28H35ClN2O8. The number of nitrogens with one attached hydrogen (secondary N) is 1. The number of methoxy groups -OCH3 is 2. The maximum absolute atomic E-state index is 13.7. The van der Waals surface area contributed by atoms with Gasteiger partial charge >= 0.3 is 12.0 Å². The van der Waals surface area contributed by atoms with Crippen molar-refractivity contribution in [3.8, 4) is 11.5 Å². The van der Waals surface area contributed by atoms with Gasteiger partial charge in [0.25, 0.3) is 0 Å². The van der Waals surface area contributed by atoms with Crippen LogP contribution in [0, 0.1) is 0 Å². The molecule has 1 heterocycles. The molecule has 212 valence electrons. The van der Waals surface area contributed by atoms with E-state index in [2.05, 4.69) is 5.32 Å². The summed E-state index contributed by atoms with van der Waals surface area (Å²) < 4.78 is 22.1. The number of nitrogens with zero attached hydrogens (tertiary/aromatic N) is 1. The Bertz CT molecular complexity index is 1170. The van der Waals surface area contributed by atoms with E-state index in [1.165, 1.54) is 26.0 Å². The summed E-state index contributed by atoms with van der Waals surface area (Å²) in [7, 11) is 2.82. The number of amides is 2. The predicted octanol–water partition coefficient (Wildman–Crippen LogP) is 4.48. The minimum Gasteiger partial charge on any atom is -0.496 e. The summed E-state index contributed by atoms with van der Waals surface area (Å²) in [6.45, 7) is 4.21. The van der Waals surface area contributed by atoms with Gasteiger partial charge in [0.1, 0.15) is 16.9 Å². The summed E-state index contributed by atoms with van der Waals surface area (Å²) in [5.41, 5.74) is 0.168. The Morgan fingerprint density at radius 1 is 1.15 bits per heavy atom. The molecule has 2 aromatic rings. The topological polar surface area (TPSA) is 124 Å². The quantitative estimate of drug-likeness (QED) is 0.287. The van der Waals surface area contributed by atoms with Crippen molar-refractivity contribution in [3.05, 3.63) is 58.1 Å². The zero-order valence-corrected chi connectivity index (χ0v) is 23.4. The van der Waals surface area contributed by atoms with E-state index in [-0.39, 0.29) is 67.1 Å². The molecule has 1 fully saturated rings. The molecule has 11 heteroatoms. The van der Waals surface area contributed by atoms with Crippen molar-refractivity contribution in [2.24, 2.45) is 0 Å². The fourth-order valence-electron chi connectivity index (χ4n) is 4.57. The van der Waals surface area contributed by atoms with Crippen LogP contribution >= 0.6 is 11.6 Å². The summed E-state index contributed by atoms with van der Waals surface area (Å²) in [5.74, 6) is -1.04. The van der Waals surface area contributed by atoms with Crippen LogP contribution < -0.4 is 14.8 Å². The van der Waals surface area contributed by atoms with Crippen molar-refractivity contribution in [3.63, 3.8) is 0 Å². The summed E-state index contributed by atoms with van der Waals surface area (Å²) in [4.78, 5) is 39.7. The van der Waals surface area contributed by atoms with Crippen LogP contribution in [-0.4, -0.2) is 73.9 Å². The molecule has 3 rings (SSSR count). The molecular weight excluding hydrogens is 528 g/mol. The second kappa shape index (κ2) is 13.6. The van der Waals surface area contributed by atoms with Gasteiger partial charge in [-0.25, -0.2) is 9.59 Å². The lowest BCUT2D eigenvalue weighted by molar-refractivity contribution is -0.148. The van der Waals surface area contributed by atoms with E-state index in [9.17, 15) is 19.5 Å². The van der Waals surface area contributed by atoms with E-state index in [1.807, 2.05) is 30.3 Å². The summed E-state index contributed by atoms with van der Waals surface area (Å²) in [6, 6.07) is 9.93. The van der Waals surface area contributed by atoms with Crippen molar-refractivity contribution in [1.29, 1.82) is 0 Å². The first-order valence-electron chi connectivity index (χ1n) is 12.6. The molecule has 1 atom stereocenters. The maximum atomic E-state index is 13.7. The summed E-state index contributed by atoms with van der Waals surface area (Å²) in [5, 5.41) is 12.9. The van der Waals surface area contributed by atoms with Gasteiger partial charge in [-0.2, -0.15) is 0 Å². The van der Waals surface area contributed by atoms with Crippen LogP contribution in [-0.2, 0) is 20.9 Å². The number of carboxylic acids is 1. The Morgan fingerprint density at radius 2 is 1.82 bits per heavy atom. The largest absolute Gasteiger partial charge is 0.496 e. The number of halogens is 1. The molecule has 39 heavy (non-hydrogen) atoms.